The molecule has 0 saturated carbocycles. The Balaban J connectivity index is 1.37. The summed E-state index contributed by atoms with van der Waals surface area (Å²) in [6.45, 7) is 0.841. The van der Waals surface area contributed by atoms with E-state index in [2.05, 4.69) is 15.4 Å². The molecule has 2 aromatic heterocycles. The van der Waals surface area contributed by atoms with Crippen molar-refractivity contribution < 1.29 is 9.53 Å². The number of benzene rings is 2. The molecule has 0 bridgehead atoms. The van der Waals surface area contributed by atoms with Gasteiger partial charge in [-0.1, -0.05) is 36.4 Å². The summed E-state index contributed by atoms with van der Waals surface area (Å²) in [7, 11) is 1.87. The molecule has 0 aliphatic rings. The highest BCUT2D eigenvalue weighted by molar-refractivity contribution is 5.94. The van der Waals surface area contributed by atoms with E-state index in [1.165, 1.54) is 0 Å². The lowest BCUT2D eigenvalue weighted by atomic mass is 10.1. The first-order valence-corrected chi connectivity index (χ1v) is 9.65. The van der Waals surface area contributed by atoms with Gasteiger partial charge in [-0.15, -0.1) is 0 Å². The maximum atomic E-state index is 12.6. The molecule has 1 amide bonds. The van der Waals surface area contributed by atoms with Crippen molar-refractivity contribution in [2.45, 2.75) is 13.2 Å². The molecule has 6 heteroatoms. The number of carbonyl (C=O) groups is 1. The van der Waals surface area contributed by atoms with Crippen molar-refractivity contribution in [3.05, 3.63) is 102 Å². The smallest absolute Gasteiger partial charge is 0.251 e. The second-order valence-corrected chi connectivity index (χ2v) is 6.97. The number of rotatable bonds is 7. The van der Waals surface area contributed by atoms with E-state index in [1.807, 2.05) is 61.8 Å². The molecule has 2 heterocycles. The number of hydrogen-bond donors (Lipinski definition) is 1. The van der Waals surface area contributed by atoms with E-state index in [1.54, 1.807) is 35.4 Å². The number of nitrogens with one attached hydrogen (secondary N) is 1. The Morgan fingerprint density at radius 2 is 1.83 bits per heavy atom. The van der Waals surface area contributed by atoms with E-state index in [0.29, 0.717) is 24.5 Å². The molecule has 0 aliphatic heterocycles. The van der Waals surface area contributed by atoms with Crippen molar-refractivity contribution in [3.63, 3.8) is 0 Å². The Kier molecular flexibility index (Phi) is 5.85. The molecule has 0 saturated heterocycles. The van der Waals surface area contributed by atoms with Crippen LogP contribution in [0.15, 0.2) is 85.5 Å². The number of ether oxygens (including phenoxy) is 1. The molecule has 1 N–H and O–H groups in total. The highest BCUT2D eigenvalue weighted by Crippen LogP contribution is 2.19. The molecule has 2 aromatic carbocycles. The van der Waals surface area contributed by atoms with Gasteiger partial charge < -0.3 is 10.1 Å². The van der Waals surface area contributed by atoms with Gasteiger partial charge in [0.25, 0.3) is 5.91 Å². The van der Waals surface area contributed by atoms with Gasteiger partial charge in [0.15, 0.2) is 0 Å². The van der Waals surface area contributed by atoms with Crippen molar-refractivity contribution in [2.24, 2.45) is 7.05 Å². The maximum absolute atomic E-state index is 12.6. The first-order chi connectivity index (χ1) is 14.7. The Morgan fingerprint density at radius 3 is 2.63 bits per heavy atom. The lowest BCUT2D eigenvalue weighted by Gasteiger charge is -2.09. The van der Waals surface area contributed by atoms with Crippen LogP contribution in [0.5, 0.6) is 5.75 Å². The first-order valence-electron chi connectivity index (χ1n) is 9.65. The summed E-state index contributed by atoms with van der Waals surface area (Å²) in [6, 6.07) is 19.1. The van der Waals surface area contributed by atoms with Crippen LogP contribution >= 0.6 is 0 Å². The molecule has 150 valence electrons. The summed E-state index contributed by atoms with van der Waals surface area (Å²) >= 11 is 0. The third-order valence-electron chi connectivity index (χ3n) is 4.63. The Labute approximate surface area is 175 Å². The van der Waals surface area contributed by atoms with Gasteiger partial charge in [-0.2, -0.15) is 5.10 Å². The van der Waals surface area contributed by atoms with Gasteiger partial charge in [0.1, 0.15) is 12.4 Å². The second kappa shape index (κ2) is 9.05. The summed E-state index contributed by atoms with van der Waals surface area (Å²) in [4.78, 5) is 16.9. The Hall–Kier alpha value is -3.93. The van der Waals surface area contributed by atoms with Gasteiger partial charge >= 0.3 is 0 Å². The predicted octanol–water partition coefficient (Wildman–Crippen LogP) is 3.99. The number of amides is 1. The highest BCUT2D eigenvalue weighted by Gasteiger charge is 2.08. The van der Waals surface area contributed by atoms with Gasteiger partial charge in [-0.3, -0.25) is 14.5 Å². The van der Waals surface area contributed by atoms with Crippen LogP contribution in [-0.2, 0) is 20.2 Å². The van der Waals surface area contributed by atoms with Crippen molar-refractivity contribution >= 4 is 5.91 Å². The number of aromatic nitrogens is 3. The van der Waals surface area contributed by atoms with E-state index in [9.17, 15) is 4.79 Å². The highest BCUT2D eigenvalue weighted by atomic mass is 16.5. The predicted molar refractivity (Wildman–Crippen MR) is 115 cm³/mol. The first kappa shape index (κ1) is 19.4. The molecule has 0 fully saturated rings. The maximum Gasteiger partial charge on any atom is 0.251 e. The molecule has 0 aliphatic carbocycles. The average Bonchev–Trinajstić information content (AvgIpc) is 3.23. The topological polar surface area (TPSA) is 69.0 Å². The van der Waals surface area contributed by atoms with Crippen LogP contribution in [0.1, 0.15) is 21.5 Å². The van der Waals surface area contributed by atoms with Gasteiger partial charge in [0.2, 0.25) is 0 Å². The average molecular weight is 398 g/mol. The molecule has 4 rings (SSSR count). The summed E-state index contributed by atoms with van der Waals surface area (Å²) in [5.74, 6) is 0.499. The number of hydrogen-bond acceptors (Lipinski definition) is 4. The van der Waals surface area contributed by atoms with Crippen molar-refractivity contribution in [1.29, 1.82) is 0 Å². The lowest BCUT2D eigenvalue weighted by Crippen LogP contribution is -2.22. The molecule has 0 spiro atoms. The SMILES string of the molecule is Cn1cc(-c2cncc(CNC(=O)c3cccc(OCc4ccccc4)c3)c2)cn1. The van der Waals surface area contributed by atoms with Gasteiger partial charge in [-0.05, 0) is 35.4 Å². The summed E-state index contributed by atoms with van der Waals surface area (Å²) in [5, 5.41) is 7.13. The minimum Gasteiger partial charge on any atom is -0.489 e. The fraction of sp³-hybridized carbons (Fsp3) is 0.125. The van der Waals surface area contributed by atoms with Crippen LogP contribution in [0.2, 0.25) is 0 Å². The van der Waals surface area contributed by atoms with E-state index < -0.39 is 0 Å². The van der Waals surface area contributed by atoms with E-state index >= 15 is 0 Å². The minimum atomic E-state index is -0.160. The lowest BCUT2D eigenvalue weighted by molar-refractivity contribution is 0.0950. The second-order valence-electron chi connectivity index (χ2n) is 6.97. The van der Waals surface area contributed by atoms with Crippen LogP contribution in [0, 0.1) is 0 Å². The number of carbonyl (C=O) groups excluding carboxylic acids is 1. The Bertz CT molecular complexity index is 1140. The number of nitrogens with zero attached hydrogens (tertiary/aromatic N) is 3. The van der Waals surface area contributed by atoms with Gasteiger partial charge in [-0.25, -0.2) is 0 Å². The summed E-state index contributed by atoms with van der Waals surface area (Å²) < 4.78 is 7.56. The Morgan fingerprint density at radius 1 is 0.967 bits per heavy atom. The van der Waals surface area contributed by atoms with Crippen LogP contribution in [-0.4, -0.2) is 20.7 Å². The molecule has 4 aromatic rings. The van der Waals surface area contributed by atoms with Crippen molar-refractivity contribution in [3.8, 4) is 16.9 Å². The molecular weight excluding hydrogens is 376 g/mol. The molecular formula is C24H22N4O2. The standard InChI is InChI=1S/C24H22N4O2/c1-28-16-22(15-27-28)21-10-19(12-25-14-21)13-26-24(29)20-8-5-9-23(11-20)30-17-18-6-3-2-4-7-18/h2-12,14-16H,13,17H2,1H3,(H,26,29). The van der Waals surface area contributed by atoms with Crippen LogP contribution in [0.25, 0.3) is 11.1 Å². The zero-order valence-electron chi connectivity index (χ0n) is 16.7. The monoisotopic (exact) mass is 398 g/mol. The van der Waals surface area contributed by atoms with E-state index in [0.717, 1.165) is 22.3 Å². The molecule has 0 unspecified atom stereocenters. The molecule has 0 atom stereocenters. The normalized spacial score (nSPS) is 10.6. The fourth-order valence-corrected chi connectivity index (χ4v) is 3.06. The quantitative estimate of drug-likeness (QED) is 0.511. The minimum absolute atomic E-state index is 0.160. The summed E-state index contributed by atoms with van der Waals surface area (Å²) in [5.41, 5.74) is 4.50. The summed E-state index contributed by atoms with van der Waals surface area (Å²) in [6.07, 6.45) is 7.26. The molecule has 30 heavy (non-hydrogen) atoms. The third kappa shape index (κ3) is 4.91. The van der Waals surface area contributed by atoms with Gasteiger partial charge in [0, 0.05) is 48.9 Å². The molecule has 0 radical (unpaired) electrons. The largest absolute Gasteiger partial charge is 0.489 e. The number of pyridine rings is 1. The zero-order valence-corrected chi connectivity index (χ0v) is 16.7. The van der Waals surface area contributed by atoms with E-state index in [4.69, 9.17) is 4.74 Å². The third-order valence-corrected chi connectivity index (χ3v) is 4.63. The molecule has 6 nitrogen and oxygen atoms in total. The zero-order chi connectivity index (χ0) is 20.8. The number of aryl methyl sites for hydroxylation is 1. The van der Waals surface area contributed by atoms with Crippen LogP contribution in [0.3, 0.4) is 0 Å². The van der Waals surface area contributed by atoms with Crippen LogP contribution in [0.4, 0.5) is 0 Å². The fourth-order valence-electron chi connectivity index (χ4n) is 3.06. The van der Waals surface area contributed by atoms with Crippen LogP contribution < -0.4 is 10.1 Å². The van der Waals surface area contributed by atoms with Gasteiger partial charge in [0.05, 0.1) is 6.20 Å². The van der Waals surface area contributed by atoms with Crippen molar-refractivity contribution in [2.75, 3.05) is 0 Å². The van der Waals surface area contributed by atoms with Crippen molar-refractivity contribution in [1.82, 2.24) is 20.1 Å². The van der Waals surface area contributed by atoms with E-state index in [-0.39, 0.29) is 5.91 Å².